The summed E-state index contributed by atoms with van der Waals surface area (Å²) in [5, 5.41) is 4.67. The van der Waals surface area contributed by atoms with Crippen LogP contribution in [0.2, 0.25) is 0 Å². The molecule has 14 unspecified atom stereocenters. The molecule has 0 saturated heterocycles. The first kappa shape index (κ1) is 45.0. The van der Waals surface area contributed by atoms with Crippen LogP contribution in [-0.2, 0) is 0 Å². The van der Waals surface area contributed by atoms with Crippen molar-refractivity contribution in [3.63, 3.8) is 0 Å². The SMILES string of the molecule is CC(CC(CC(C)c1ccc(Oc2ccc3cc4ccccc4cc3c2)cc1)c1ccc(OC2CC3CC2C2C4CC(C5C6CCC(C6)C45)C32)cc1)c1ccc(OCC(C(F)(F)F)C(F)(F)F)cc1. The van der Waals surface area contributed by atoms with E-state index in [1.165, 1.54) is 72.6 Å². The van der Waals surface area contributed by atoms with E-state index in [4.69, 9.17) is 14.2 Å². The van der Waals surface area contributed by atoms with Crippen LogP contribution < -0.4 is 14.2 Å². The maximum Gasteiger partial charge on any atom is 0.403 e. The van der Waals surface area contributed by atoms with Gasteiger partial charge in [-0.1, -0.05) is 80.6 Å². The van der Waals surface area contributed by atoms with Crippen LogP contribution in [0.4, 0.5) is 26.3 Å². The lowest BCUT2D eigenvalue weighted by Gasteiger charge is -2.46. The van der Waals surface area contributed by atoms with E-state index in [-0.39, 0.29) is 23.5 Å². The van der Waals surface area contributed by atoms with Crippen LogP contribution in [0.3, 0.4) is 0 Å². The molecule has 12 rings (SSSR count). The first-order valence-corrected chi connectivity index (χ1v) is 25.5. The topological polar surface area (TPSA) is 27.7 Å². The molecule has 3 nitrogen and oxygen atoms in total. The maximum atomic E-state index is 13.2. The van der Waals surface area contributed by atoms with Crippen LogP contribution in [0.5, 0.6) is 23.0 Å². The van der Waals surface area contributed by atoms with E-state index in [9.17, 15) is 26.3 Å². The zero-order valence-electron chi connectivity index (χ0n) is 39.1. The minimum Gasteiger partial charge on any atom is -0.493 e. The fraction of sp³-hybridized carbons (Fsp3) is 0.467. The number of benzene rings is 6. The molecule has 6 aliphatic rings. The molecule has 69 heavy (non-hydrogen) atoms. The van der Waals surface area contributed by atoms with Crippen LogP contribution in [-0.4, -0.2) is 25.1 Å². The number of halogens is 6. The van der Waals surface area contributed by atoms with Crippen LogP contribution >= 0.6 is 0 Å². The lowest BCUT2D eigenvalue weighted by molar-refractivity contribution is -0.289. The highest BCUT2D eigenvalue weighted by Crippen LogP contribution is 2.76. The summed E-state index contributed by atoms with van der Waals surface area (Å²) in [6.07, 6.45) is -0.484. The Hall–Kier alpha value is -5.18. The number of hydrogen-bond acceptors (Lipinski definition) is 3. The summed E-state index contributed by atoms with van der Waals surface area (Å²) in [5.41, 5.74) is 3.33. The second-order valence-corrected chi connectivity index (χ2v) is 22.2. The molecular formula is C60H60F6O3. The average Bonchev–Trinajstić information content (AvgIpc) is 4.20. The smallest absolute Gasteiger partial charge is 0.403 e. The second-order valence-electron chi connectivity index (χ2n) is 22.2. The van der Waals surface area contributed by atoms with Gasteiger partial charge in [-0.15, -0.1) is 0 Å². The van der Waals surface area contributed by atoms with Gasteiger partial charge in [-0.05, 0) is 227 Å². The number of alkyl halides is 6. The van der Waals surface area contributed by atoms with E-state index < -0.39 is 24.9 Å². The number of fused-ring (bicyclic) bond motifs is 18. The van der Waals surface area contributed by atoms with E-state index in [0.29, 0.717) is 12.0 Å². The molecule has 6 bridgehead atoms. The molecule has 9 heteroatoms. The third kappa shape index (κ3) is 8.35. The Balaban J connectivity index is 0.739. The van der Waals surface area contributed by atoms with Crippen LogP contribution in [0.1, 0.15) is 99.7 Å². The zero-order chi connectivity index (χ0) is 47.3. The van der Waals surface area contributed by atoms with Crippen molar-refractivity contribution in [2.45, 2.75) is 101 Å². The summed E-state index contributed by atoms with van der Waals surface area (Å²) in [6, 6.07) is 42.5. The van der Waals surface area contributed by atoms with Gasteiger partial charge in [0, 0.05) is 0 Å². The molecule has 0 heterocycles. The summed E-state index contributed by atoms with van der Waals surface area (Å²) in [4.78, 5) is 0. The first-order chi connectivity index (χ1) is 33.2. The number of rotatable bonds is 14. The van der Waals surface area contributed by atoms with Gasteiger partial charge in [0.1, 0.15) is 35.7 Å². The minimum atomic E-state index is -5.46. The predicted octanol–water partition coefficient (Wildman–Crippen LogP) is 16.7. The quantitative estimate of drug-likeness (QED) is 0.0619. The molecule has 0 radical (unpaired) electrons. The standard InChI is InChI=1S/C60H60F6O3/c1-33(35-9-16-46(17-10-35)67-32-54(59(61,62)63)60(64,65)66)23-43(24-34(2)36-11-18-47(19-12-36)68-49-22-15-40-25-38-5-3-4-6-39(38)26-44(40)28-49)37-13-20-48(21-14-37)69-53-30-45-29-50(53)58-52-31-51(57(45)58)55-41-7-8-42(27-41)56(52)55/h3-6,9-22,25-26,28,33-34,41-43,45,50-58H,7-8,23-24,27,29-32H2,1-2H3. The summed E-state index contributed by atoms with van der Waals surface area (Å²) in [5.74, 6) is 8.52. The fourth-order valence-electron chi connectivity index (χ4n) is 15.8. The summed E-state index contributed by atoms with van der Waals surface area (Å²) in [7, 11) is 0. The van der Waals surface area contributed by atoms with E-state index in [0.717, 1.165) is 99.7 Å². The van der Waals surface area contributed by atoms with Crippen LogP contribution in [0.15, 0.2) is 127 Å². The van der Waals surface area contributed by atoms with Gasteiger partial charge in [-0.2, -0.15) is 26.3 Å². The minimum absolute atomic E-state index is 0.0272. The molecule has 6 fully saturated rings. The van der Waals surface area contributed by atoms with E-state index >= 15 is 0 Å². The highest BCUT2D eigenvalue weighted by molar-refractivity contribution is 5.98. The molecule has 6 aromatic rings. The van der Waals surface area contributed by atoms with Crippen molar-refractivity contribution >= 4 is 21.5 Å². The Morgan fingerprint density at radius 1 is 0.478 bits per heavy atom. The maximum absolute atomic E-state index is 13.2. The highest BCUT2D eigenvalue weighted by atomic mass is 19.4. The molecule has 6 aliphatic carbocycles. The van der Waals surface area contributed by atoms with Gasteiger partial charge in [-0.3, -0.25) is 0 Å². The van der Waals surface area contributed by atoms with Crippen molar-refractivity contribution in [2.24, 2.45) is 65.1 Å². The Morgan fingerprint density at radius 2 is 1.00 bits per heavy atom. The van der Waals surface area contributed by atoms with Crippen molar-refractivity contribution < 1.29 is 40.6 Å². The van der Waals surface area contributed by atoms with Gasteiger partial charge in [-0.25, -0.2) is 0 Å². The molecule has 0 aromatic heterocycles. The summed E-state index contributed by atoms with van der Waals surface area (Å²) < 4.78 is 97.5. The van der Waals surface area contributed by atoms with Gasteiger partial charge >= 0.3 is 12.4 Å². The Morgan fingerprint density at radius 3 is 1.62 bits per heavy atom. The number of ether oxygens (including phenoxy) is 3. The van der Waals surface area contributed by atoms with Crippen molar-refractivity contribution in [3.05, 3.63) is 144 Å². The summed E-state index contributed by atoms with van der Waals surface area (Å²) >= 11 is 0. The number of hydrogen-bond donors (Lipinski definition) is 0. The summed E-state index contributed by atoms with van der Waals surface area (Å²) in [6.45, 7) is 2.84. The van der Waals surface area contributed by atoms with Crippen LogP contribution in [0.25, 0.3) is 21.5 Å². The normalized spacial score (nSPS) is 30.0. The molecule has 0 amide bonds. The van der Waals surface area contributed by atoms with Crippen molar-refractivity contribution in [3.8, 4) is 23.0 Å². The third-order valence-electron chi connectivity index (χ3n) is 18.6. The van der Waals surface area contributed by atoms with Gasteiger partial charge in [0.15, 0.2) is 5.92 Å². The van der Waals surface area contributed by atoms with Crippen LogP contribution in [0, 0.1) is 65.1 Å². The van der Waals surface area contributed by atoms with E-state index in [1.807, 2.05) is 24.3 Å². The van der Waals surface area contributed by atoms with Crippen molar-refractivity contribution in [2.75, 3.05) is 6.61 Å². The second kappa shape index (κ2) is 17.3. The monoisotopic (exact) mass is 942 g/mol. The van der Waals surface area contributed by atoms with Gasteiger partial charge in [0.2, 0.25) is 0 Å². The van der Waals surface area contributed by atoms with E-state index in [1.54, 1.807) is 12.1 Å². The Bertz CT molecular complexity index is 2790. The lowest BCUT2D eigenvalue weighted by atomic mass is 9.59. The fourth-order valence-corrected chi connectivity index (χ4v) is 15.8. The predicted molar refractivity (Wildman–Crippen MR) is 258 cm³/mol. The molecule has 14 atom stereocenters. The molecule has 0 aliphatic heterocycles. The highest BCUT2D eigenvalue weighted by Gasteiger charge is 2.72. The lowest BCUT2D eigenvalue weighted by Crippen LogP contribution is -2.44. The molecule has 0 spiro atoms. The van der Waals surface area contributed by atoms with Crippen molar-refractivity contribution in [1.29, 1.82) is 0 Å². The first-order valence-electron chi connectivity index (χ1n) is 25.5. The molecular weight excluding hydrogens is 883 g/mol. The molecule has 360 valence electrons. The largest absolute Gasteiger partial charge is 0.493 e. The third-order valence-corrected chi connectivity index (χ3v) is 18.6. The Labute approximate surface area is 400 Å². The van der Waals surface area contributed by atoms with Gasteiger partial charge in [0.25, 0.3) is 0 Å². The molecule has 6 aromatic carbocycles. The molecule has 0 N–H and O–H groups in total. The molecule has 6 saturated carbocycles. The average molecular weight is 943 g/mol. The zero-order valence-corrected chi connectivity index (χ0v) is 39.1. The van der Waals surface area contributed by atoms with Gasteiger partial charge in [0.05, 0.1) is 0 Å². The van der Waals surface area contributed by atoms with Crippen molar-refractivity contribution in [1.82, 2.24) is 0 Å². The Kier molecular flexibility index (Phi) is 11.3. The van der Waals surface area contributed by atoms with Gasteiger partial charge < -0.3 is 14.2 Å². The van der Waals surface area contributed by atoms with E-state index in [2.05, 4.69) is 92.7 Å².